The van der Waals surface area contributed by atoms with Crippen molar-refractivity contribution < 1.29 is 0 Å². The van der Waals surface area contributed by atoms with E-state index in [2.05, 4.69) is 174 Å². The monoisotopic (exact) mass is 721 g/mol. The zero-order valence-electron chi connectivity index (χ0n) is 30.7. The standard InChI is InChI=1S/C54H31N3/c55-32-33-26-37-23-24-38-28-39(29-51-53(38)52(37)50(27-33)57(51)40-12-2-1-3-13-40)47-31-49-44-16-6-4-14-42(44)46(30-48(49)45-17-7-5-15-43(45)47)35-21-19-34(20-22-35)41-18-8-10-36-11-9-25-56-54(36)41/h1-31H. The number of hydrogen-bond acceptors (Lipinski definition) is 2. The van der Waals surface area contributed by atoms with Crippen LogP contribution in [0, 0.1) is 11.3 Å². The molecule has 3 nitrogen and oxygen atoms in total. The molecule has 57 heavy (non-hydrogen) atoms. The Balaban J connectivity index is 1.10. The Morgan fingerprint density at radius 3 is 1.67 bits per heavy atom. The van der Waals surface area contributed by atoms with Gasteiger partial charge in [-0.25, -0.2) is 0 Å². The second kappa shape index (κ2) is 12.1. The van der Waals surface area contributed by atoms with Crippen LogP contribution in [0.3, 0.4) is 0 Å². The fraction of sp³-hybridized carbons (Fsp3) is 0. The predicted octanol–water partition coefficient (Wildman–Crippen LogP) is 14.3. The molecular weight excluding hydrogens is 691 g/mol. The van der Waals surface area contributed by atoms with E-state index >= 15 is 0 Å². The van der Waals surface area contributed by atoms with Crippen LogP contribution in [0.1, 0.15) is 5.56 Å². The van der Waals surface area contributed by atoms with Crippen LogP contribution < -0.4 is 0 Å². The summed E-state index contributed by atoms with van der Waals surface area (Å²) < 4.78 is 2.34. The quantitative estimate of drug-likeness (QED) is 0.170. The van der Waals surface area contributed by atoms with Gasteiger partial charge in [-0.1, -0.05) is 127 Å². The Labute approximate surface area is 328 Å². The van der Waals surface area contributed by atoms with Crippen molar-refractivity contribution in [3.8, 4) is 45.1 Å². The average molecular weight is 722 g/mol. The van der Waals surface area contributed by atoms with E-state index in [4.69, 9.17) is 4.98 Å². The highest BCUT2D eigenvalue weighted by Crippen LogP contribution is 2.46. The smallest absolute Gasteiger partial charge is 0.0992 e. The number of para-hydroxylation sites is 2. The summed E-state index contributed by atoms with van der Waals surface area (Å²) in [7, 11) is 0. The van der Waals surface area contributed by atoms with Gasteiger partial charge in [-0.2, -0.15) is 5.26 Å². The van der Waals surface area contributed by atoms with Gasteiger partial charge in [0.1, 0.15) is 0 Å². The number of nitriles is 1. The summed E-state index contributed by atoms with van der Waals surface area (Å²) in [5.41, 5.74) is 12.0. The third-order valence-electron chi connectivity index (χ3n) is 11.9. The van der Waals surface area contributed by atoms with E-state index in [9.17, 15) is 5.26 Å². The van der Waals surface area contributed by atoms with E-state index in [1.54, 1.807) is 0 Å². The van der Waals surface area contributed by atoms with Crippen molar-refractivity contribution in [2.45, 2.75) is 0 Å². The molecule has 0 bridgehead atoms. The summed E-state index contributed by atoms with van der Waals surface area (Å²) in [5.74, 6) is 0. The van der Waals surface area contributed by atoms with Crippen molar-refractivity contribution in [2.24, 2.45) is 0 Å². The number of rotatable bonds is 4. The number of nitrogens with zero attached hydrogens (tertiary/aromatic N) is 3. The van der Waals surface area contributed by atoms with Gasteiger partial charge in [-0.05, 0) is 126 Å². The Kier molecular flexibility index (Phi) is 6.70. The highest BCUT2D eigenvalue weighted by atomic mass is 15.0. The molecule has 0 aliphatic carbocycles. The van der Waals surface area contributed by atoms with Gasteiger partial charge in [-0.15, -0.1) is 0 Å². The molecule has 0 radical (unpaired) electrons. The van der Waals surface area contributed by atoms with E-state index in [1.165, 1.54) is 65.2 Å². The molecule has 10 aromatic carbocycles. The summed E-state index contributed by atoms with van der Waals surface area (Å²) in [4.78, 5) is 4.72. The highest BCUT2D eigenvalue weighted by molar-refractivity contribution is 6.27. The summed E-state index contributed by atoms with van der Waals surface area (Å²) in [6.07, 6.45) is 1.87. The van der Waals surface area contributed by atoms with E-state index in [0.717, 1.165) is 49.7 Å². The maximum absolute atomic E-state index is 10.0. The van der Waals surface area contributed by atoms with E-state index in [0.29, 0.717) is 5.56 Å². The molecule has 2 aromatic heterocycles. The van der Waals surface area contributed by atoms with Crippen molar-refractivity contribution in [1.82, 2.24) is 9.55 Å². The molecule has 2 heterocycles. The van der Waals surface area contributed by atoms with Crippen molar-refractivity contribution in [3.05, 3.63) is 194 Å². The van der Waals surface area contributed by atoms with Crippen molar-refractivity contribution in [2.75, 3.05) is 0 Å². The molecule has 0 aliphatic heterocycles. The first-order valence-corrected chi connectivity index (χ1v) is 19.3. The molecule has 12 aromatic rings. The predicted molar refractivity (Wildman–Crippen MR) is 238 cm³/mol. The van der Waals surface area contributed by atoms with Crippen LogP contribution in [0.5, 0.6) is 0 Å². The molecule has 262 valence electrons. The number of pyridine rings is 1. The molecule has 0 spiro atoms. The Morgan fingerprint density at radius 2 is 0.982 bits per heavy atom. The van der Waals surface area contributed by atoms with Gasteiger partial charge in [0.15, 0.2) is 0 Å². The summed E-state index contributed by atoms with van der Waals surface area (Å²) in [6.45, 7) is 0. The van der Waals surface area contributed by atoms with Crippen LogP contribution in [-0.4, -0.2) is 9.55 Å². The van der Waals surface area contributed by atoms with Crippen molar-refractivity contribution >= 4 is 75.8 Å². The fourth-order valence-electron chi connectivity index (χ4n) is 9.44. The summed E-state index contributed by atoms with van der Waals surface area (Å²) in [5, 5.41) is 23.2. The zero-order chi connectivity index (χ0) is 37.6. The van der Waals surface area contributed by atoms with E-state index < -0.39 is 0 Å². The third-order valence-corrected chi connectivity index (χ3v) is 11.9. The first-order chi connectivity index (χ1) is 28.2. The Hall–Kier alpha value is -7.80. The lowest BCUT2D eigenvalue weighted by molar-refractivity contribution is 1.18. The van der Waals surface area contributed by atoms with Crippen molar-refractivity contribution in [1.29, 1.82) is 5.26 Å². The van der Waals surface area contributed by atoms with Crippen LogP contribution in [0.25, 0.3) is 115 Å². The average Bonchev–Trinajstić information content (AvgIpc) is 3.62. The van der Waals surface area contributed by atoms with Gasteiger partial charge in [-0.3, -0.25) is 4.98 Å². The second-order valence-electron chi connectivity index (χ2n) is 15.0. The first kappa shape index (κ1) is 31.5. The number of hydrogen-bond donors (Lipinski definition) is 0. The molecule has 0 aliphatic rings. The van der Waals surface area contributed by atoms with Crippen molar-refractivity contribution in [3.63, 3.8) is 0 Å². The zero-order valence-corrected chi connectivity index (χ0v) is 30.7. The Bertz CT molecular complexity index is 3620. The topological polar surface area (TPSA) is 41.6 Å². The second-order valence-corrected chi connectivity index (χ2v) is 15.0. The van der Waals surface area contributed by atoms with Crippen LogP contribution in [-0.2, 0) is 0 Å². The van der Waals surface area contributed by atoms with Crippen LogP contribution >= 0.6 is 0 Å². The molecule has 0 unspecified atom stereocenters. The minimum Gasteiger partial charge on any atom is -0.309 e. The van der Waals surface area contributed by atoms with E-state index in [-0.39, 0.29) is 0 Å². The molecule has 0 fully saturated rings. The SMILES string of the molecule is N#Cc1cc2ccc3cc(-c4cc5c6ccccc6c(-c6ccc(-c7cccc8cccnc78)cc6)cc5c5ccccc45)cc4c3c2c(c1)n4-c1ccccc1. The molecule has 0 saturated heterocycles. The number of aromatic nitrogens is 2. The van der Waals surface area contributed by atoms with Gasteiger partial charge in [0.25, 0.3) is 0 Å². The lowest BCUT2D eigenvalue weighted by Crippen LogP contribution is -1.94. The van der Waals surface area contributed by atoms with Gasteiger partial charge in [0.05, 0.1) is 28.2 Å². The van der Waals surface area contributed by atoms with Gasteiger partial charge >= 0.3 is 0 Å². The molecule has 0 saturated carbocycles. The first-order valence-electron chi connectivity index (χ1n) is 19.3. The largest absolute Gasteiger partial charge is 0.309 e. The Morgan fingerprint density at radius 1 is 0.404 bits per heavy atom. The maximum Gasteiger partial charge on any atom is 0.0992 e. The lowest BCUT2D eigenvalue weighted by Gasteiger charge is -2.17. The maximum atomic E-state index is 10.0. The van der Waals surface area contributed by atoms with Crippen LogP contribution in [0.2, 0.25) is 0 Å². The number of benzene rings is 10. The molecule has 12 rings (SSSR count). The molecule has 3 heteroatoms. The van der Waals surface area contributed by atoms with Gasteiger partial charge in [0.2, 0.25) is 0 Å². The summed E-state index contributed by atoms with van der Waals surface area (Å²) >= 11 is 0. The molecule has 0 N–H and O–H groups in total. The van der Waals surface area contributed by atoms with Crippen LogP contribution in [0.4, 0.5) is 0 Å². The number of fused-ring (bicyclic) bond motifs is 6. The van der Waals surface area contributed by atoms with Crippen LogP contribution in [0.15, 0.2) is 188 Å². The minimum atomic E-state index is 0.663. The molecule has 0 amide bonds. The summed E-state index contributed by atoms with van der Waals surface area (Å²) in [6, 6.07) is 68.0. The lowest BCUT2D eigenvalue weighted by atomic mass is 9.87. The normalized spacial score (nSPS) is 11.8. The minimum absolute atomic E-state index is 0.663. The molecule has 0 atom stereocenters. The third kappa shape index (κ3) is 4.68. The highest BCUT2D eigenvalue weighted by Gasteiger charge is 2.21. The van der Waals surface area contributed by atoms with Gasteiger partial charge < -0.3 is 4.57 Å². The fourth-order valence-corrected chi connectivity index (χ4v) is 9.44. The molecular formula is C54H31N3. The van der Waals surface area contributed by atoms with E-state index in [1.807, 2.05) is 24.4 Å². The van der Waals surface area contributed by atoms with Gasteiger partial charge in [0, 0.05) is 33.6 Å².